The molecular weight excluding hydrogens is 432 g/mol. The minimum absolute atomic E-state index is 0. The van der Waals surface area contributed by atoms with Gasteiger partial charge in [0.05, 0.1) is 6.10 Å². The second-order valence-corrected chi connectivity index (χ2v) is 7.49. The molecule has 1 aromatic rings. The zero-order valence-electron chi connectivity index (χ0n) is 14.9. The number of aliphatic imine (C=N–C) groups is 1. The third-order valence-corrected chi connectivity index (χ3v) is 6.20. The molecule has 4 nitrogen and oxygen atoms in total. The minimum atomic E-state index is -0.192. The van der Waals surface area contributed by atoms with Crippen LogP contribution < -0.4 is 5.32 Å². The first kappa shape index (κ1) is 18.9. The number of nitrogens with one attached hydrogen (secondary N) is 1. The summed E-state index contributed by atoms with van der Waals surface area (Å²) < 4.78 is 19.4. The van der Waals surface area contributed by atoms with Crippen molar-refractivity contribution in [2.75, 3.05) is 20.7 Å². The number of halogens is 2. The molecule has 3 unspecified atom stereocenters. The van der Waals surface area contributed by atoms with E-state index in [9.17, 15) is 4.39 Å². The molecule has 1 spiro atoms. The molecule has 1 heterocycles. The van der Waals surface area contributed by atoms with E-state index >= 15 is 0 Å². The van der Waals surface area contributed by atoms with Crippen molar-refractivity contribution < 1.29 is 9.13 Å². The Labute approximate surface area is 166 Å². The summed E-state index contributed by atoms with van der Waals surface area (Å²) in [5.74, 6) is 1.31. The van der Waals surface area contributed by atoms with Gasteiger partial charge in [-0.3, -0.25) is 4.99 Å². The number of guanidine groups is 1. The maximum Gasteiger partial charge on any atom is 0.193 e. The van der Waals surface area contributed by atoms with Crippen LogP contribution in [0.1, 0.15) is 31.2 Å². The Morgan fingerprint density at radius 1 is 1.44 bits per heavy atom. The Kier molecular flexibility index (Phi) is 5.58. The van der Waals surface area contributed by atoms with Crippen LogP contribution in [0.25, 0.3) is 0 Å². The Morgan fingerprint density at radius 2 is 2.24 bits per heavy atom. The lowest BCUT2D eigenvalue weighted by Crippen LogP contribution is -2.72. The van der Waals surface area contributed by atoms with Crippen LogP contribution in [-0.2, 0) is 11.3 Å². The van der Waals surface area contributed by atoms with Gasteiger partial charge in [0.25, 0.3) is 0 Å². The van der Waals surface area contributed by atoms with Crippen LogP contribution in [0.4, 0.5) is 4.39 Å². The van der Waals surface area contributed by atoms with Crippen molar-refractivity contribution in [3.05, 3.63) is 35.6 Å². The van der Waals surface area contributed by atoms with Gasteiger partial charge in [0.15, 0.2) is 5.96 Å². The number of rotatable bonds is 3. The molecule has 3 aliphatic rings. The van der Waals surface area contributed by atoms with Gasteiger partial charge in [-0.25, -0.2) is 4.39 Å². The molecule has 25 heavy (non-hydrogen) atoms. The fourth-order valence-electron chi connectivity index (χ4n) is 4.92. The molecular formula is C19H27FIN3O. The summed E-state index contributed by atoms with van der Waals surface area (Å²) >= 11 is 0. The van der Waals surface area contributed by atoms with Crippen LogP contribution in [0.2, 0.25) is 0 Å². The van der Waals surface area contributed by atoms with Gasteiger partial charge >= 0.3 is 0 Å². The van der Waals surface area contributed by atoms with Crippen molar-refractivity contribution in [2.45, 2.75) is 44.4 Å². The number of hydrogen-bond acceptors (Lipinski definition) is 2. The minimum Gasteiger partial charge on any atom is -0.377 e. The first-order valence-corrected chi connectivity index (χ1v) is 8.94. The van der Waals surface area contributed by atoms with E-state index in [-0.39, 0.29) is 29.8 Å². The SMILES string of the molecule is CN=C(NC1C2CCOC2C12CCC2)N(C)Cc1cccc(F)c1.I. The van der Waals surface area contributed by atoms with Gasteiger partial charge in [-0.05, 0) is 37.0 Å². The van der Waals surface area contributed by atoms with Gasteiger partial charge in [0.2, 0.25) is 0 Å². The third-order valence-electron chi connectivity index (χ3n) is 6.20. The van der Waals surface area contributed by atoms with E-state index in [2.05, 4.69) is 15.2 Å². The molecule has 1 aliphatic heterocycles. The molecule has 1 saturated heterocycles. The predicted molar refractivity (Wildman–Crippen MR) is 108 cm³/mol. The quantitative estimate of drug-likeness (QED) is 0.428. The topological polar surface area (TPSA) is 36.9 Å². The summed E-state index contributed by atoms with van der Waals surface area (Å²) in [4.78, 5) is 6.54. The fraction of sp³-hybridized carbons (Fsp3) is 0.632. The predicted octanol–water partition coefficient (Wildman–Crippen LogP) is 3.41. The van der Waals surface area contributed by atoms with Crippen molar-refractivity contribution in [2.24, 2.45) is 16.3 Å². The van der Waals surface area contributed by atoms with Crippen LogP contribution in [0, 0.1) is 17.2 Å². The second-order valence-electron chi connectivity index (χ2n) is 7.49. The molecule has 0 amide bonds. The number of benzene rings is 1. The maximum atomic E-state index is 13.4. The summed E-state index contributed by atoms with van der Waals surface area (Å²) in [5, 5.41) is 3.70. The Morgan fingerprint density at radius 3 is 2.88 bits per heavy atom. The standard InChI is InChI=1S/C19H26FN3O.HI/c1-21-18(23(2)12-13-5-3-6-14(20)11-13)22-16-15-7-10-24-17(15)19(16)8-4-9-19;/h3,5-6,11,15-17H,4,7-10,12H2,1-2H3,(H,21,22);1H. The summed E-state index contributed by atoms with van der Waals surface area (Å²) in [5.41, 5.74) is 1.28. The molecule has 6 heteroatoms. The van der Waals surface area contributed by atoms with Gasteiger partial charge in [-0.2, -0.15) is 0 Å². The van der Waals surface area contributed by atoms with Crippen LogP contribution in [0.5, 0.6) is 0 Å². The molecule has 1 N–H and O–H groups in total. The highest BCUT2D eigenvalue weighted by atomic mass is 127. The van der Waals surface area contributed by atoms with Crippen molar-refractivity contribution in [3.8, 4) is 0 Å². The smallest absolute Gasteiger partial charge is 0.193 e. The fourth-order valence-corrected chi connectivity index (χ4v) is 4.92. The molecule has 0 aromatic heterocycles. The summed E-state index contributed by atoms with van der Waals surface area (Å²) in [6, 6.07) is 7.23. The molecule has 138 valence electrons. The Bertz CT molecular complexity index is 649. The van der Waals surface area contributed by atoms with Gasteiger partial charge < -0.3 is 15.0 Å². The van der Waals surface area contributed by atoms with Crippen LogP contribution >= 0.6 is 24.0 Å². The number of ether oxygens (including phenoxy) is 1. The lowest BCUT2D eigenvalue weighted by Gasteiger charge is -2.63. The number of fused-ring (bicyclic) bond motifs is 2. The highest BCUT2D eigenvalue weighted by Crippen LogP contribution is 2.62. The van der Waals surface area contributed by atoms with E-state index in [0.717, 1.165) is 24.6 Å². The van der Waals surface area contributed by atoms with Crippen LogP contribution in [0.3, 0.4) is 0 Å². The van der Waals surface area contributed by atoms with Crippen molar-refractivity contribution >= 4 is 29.9 Å². The van der Waals surface area contributed by atoms with E-state index < -0.39 is 0 Å². The first-order chi connectivity index (χ1) is 11.6. The van der Waals surface area contributed by atoms with Gasteiger partial charge in [-0.1, -0.05) is 18.6 Å². The number of hydrogen-bond donors (Lipinski definition) is 1. The first-order valence-electron chi connectivity index (χ1n) is 8.94. The van der Waals surface area contributed by atoms with E-state index in [4.69, 9.17) is 4.74 Å². The Balaban J connectivity index is 0.00000182. The lowest BCUT2D eigenvalue weighted by atomic mass is 9.46. The van der Waals surface area contributed by atoms with Crippen molar-refractivity contribution in [3.63, 3.8) is 0 Å². The average molecular weight is 459 g/mol. The maximum absolute atomic E-state index is 13.4. The molecule has 0 radical (unpaired) electrons. The molecule has 1 aromatic carbocycles. The molecule has 3 atom stereocenters. The summed E-state index contributed by atoms with van der Waals surface area (Å²) in [6.45, 7) is 1.54. The van der Waals surface area contributed by atoms with E-state index in [0.29, 0.717) is 30.0 Å². The normalized spacial score (nSPS) is 29.2. The largest absolute Gasteiger partial charge is 0.377 e. The number of nitrogens with zero attached hydrogens (tertiary/aromatic N) is 2. The summed E-state index contributed by atoms with van der Waals surface area (Å²) in [6.07, 6.45) is 5.43. The average Bonchev–Trinajstić information content (AvgIpc) is 2.91. The van der Waals surface area contributed by atoms with Gasteiger partial charge in [0.1, 0.15) is 5.82 Å². The van der Waals surface area contributed by atoms with Crippen LogP contribution in [-0.4, -0.2) is 43.7 Å². The van der Waals surface area contributed by atoms with E-state index in [1.807, 2.05) is 20.2 Å². The van der Waals surface area contributed by atoms with Crippen molar-refractivity contribution in [1.82, 2.24) is 10.2 Å². The molecule has 3 fully saturated rings. The van der Waals surface area contributed by atoms with Gasteiger partial charge in [-0.15, -0.1) is 24.0 Å². The van der Waals surface area contributed by atoms with E-state index in [1.165, 1.54) is 25.3 Å². The lowest BCUT2D eigenvalue weighted by molar-refractivity contribution is -0.171. The molecule has 2 aliphatic carbocycles. The highest BCUT2D eigenvalue weighted by Gasteiger charge is 2.66. The monoisotopic (exact) mass is 459 g/mol. The molecule has 2 saturated carbocycles. The third kappa shape index (κ3) is 3.16. The summed E-state index contributed by atoms with van der Waals surface area (Å²) in [7, 11) is 3.83. The second kappa shape index (κ2) is 7.39. The zero-order chi connectivity index (χ0) is 16.7. The Hall–Kier alpha value is -0.890. The molecule has 0 bridgehead atoms. The van der Waals surface area contributed by atoms with Crippen LogP contribution in [0.15, 0.2) is 29.3 Å². The van der Waals surface area contributed by atoms with Gasteiger partial charge in [0, 0.05) is 44.6 Å². The van der Waals surface area contributed by atoms with Crippen molar-refractivity contribution in [1.29, 1.82) is 0 Å². The van der Waals surface area contributed by atoms with E-state index in [1.54, 1.807) is 12.1 Å². The zero-order valence-corrected chi connectivity index (χ0v) is 17.2. The highest BCUT2D eigenvalue weighted by molar-refractivity contribution is 14.0. The molecule has 4 rings (SSSR count).